The lowest BCUT2D eigenvalue weighted by atomic mass is 10.00. The fourth-order valence-electron chi connectivity index (χ4n) is 4.71. The second-order valence-electron chi connectivity index (χ2n) is 8.39. The van der Waals surface area contributed by atoms with Crippen LogP contribution in [0.5, 0.6) is 0 Å². The van der Waals surface area contributed by atoms with E-state index >= 15 is 0 Å². The van der Waals surface area contributed by atoms with Crippen molar-refractivity contribution in [2.45, 2.75) is 46.1 Å². The number of aromatic nitrogens is 3. The van der Waals surface area contributed by atoms with E-state index in [1.807, 2.05) is 24.8 Å². The number of piperidine rings is 1. The number of carbonyl (C=O) groups is 1. The molecule has 2 aromatic carbocycles. The third-order valence-corrected chi connectivity index (χ3v) is 6.34. The third-order valence-electron chi connectivity index (χ3n) is 6.34. The molecule has 1 N–H and O–H groups in total. The van der Waals surface area contributed by atoms with Gasteiger partial charge in [-0.05, 0) is 55.2 Å². The minimum atomic E-state index is 0.160. The molecule has 4 aromatic rings. The number of nitrogens with one attached hydrogen (secondary N) is 1. The molecule has 6 heteroatoms. The Kier molecular flexibility index (Phi) is 6.92. The predicted molar refractivity (Wildman–Crippen MR) is 136 cm³/mol. The maximum Gasteiger partial charge on any atom is 0.219 e. The topological polar surface area (TPSA) is 63.1 Å². The van der Waals surface area contributed by atoms with Crippen LogP contribution in [0.4, 0.5) is 5.69 Å². The molecule has 1 saturated heterocycles. The monoisotopic (exact) mass is 443 g/mol. The van der Waals surface area contributed by atoms with Crippen molar-refractivity contribution in [3.63, 3.8) is 0 Å². The van der Waals surface area contributed by atoms with Gasteiger partial charge in [0.25, 0.3) is 0 Å². The van der Waals surface area contributed by atoms with E-state index in [2.05, 4.69) is 63.4 Å². The van der Waals surface area contributed by atoms with E-state index in [-0.39, 0.29) is 11.9 Å². The van der Waals surface area contributed by atoms with E-state index in [1.54, 1.807) is 19.3 Å². The molecule has 0 aliphatic carbocycles. The maximum atomic E-state index is 12.0. The minimum absolute atomic E-state index is 0.160. The largest absolute Gasteiger partial charge is 0.383 e. The molecule has 1 aliphatic rings. The van der Waals surface area contributed by atoms with Gasteiger partial charge in [0.1, 0.15) is 0 Å². The second-order valence-corrected chi connectivity index (χ2v) is 8.39. The lowest BCUT2D eigenvalue weighted by Crippen LogP contribution is -2.46. The van der Waals surface area contributed by atoms with Crippen molar-refractivity contribution in [3.8, 4) is 11.1 Å². The fraction of sp³-hybridized carbons (Fsp3) is 0.370. The first-order valence-corrected chi connectivity index (χ1v) is 11.9. The molecule has 172 valence electrons. The molecule has 0 saturated carbocycles. The van der Waals surface area contributed by atoms with Crippen LogP contribution in [-0.2, 0) is 11.8 Å². The number of carbonyl (C=O) groups excluding carboxylic acids is 1. The molecule has 33 heavy (non-hydrogen) atoms. The van der Waals surface area contributed by atoms with Gasteiger partial charge in [0.15, 0.2) is 0 Å². The van der Waals surface area contributed by atoms with Crippen LogP contribution in [0, 0.1) is 0 Å². The average molecular weight is 444 g/mol. The van der Waals surface area contributed by atoms with Gasteiger partial charge in [0.05, 0.1) is 11.0 Å². The SMILES string of the molecule is CC.CC(=O)N1CCCCC1CNc1cc(-c2ccc3c(ccn3C)c2)c2nccnc2c1. The molecular weight excluding hydrogens is 410 g/mol. The zero-order valence-electron chi connectivity index (χ0n) is 20.0. The summed E-state index contributed by atoms with van der Waals surface area (Å²) in [6, 6.07) is 13.1. The molecule has 3 heterocycles. The highest BCUT2D eigenvalue weighted by Crippen LogP contribution is 2.32. The van der Waals surface area contributed by atoms with E-state index in [4.69, 9.17) is 0 Å². The van der Waals surface area contributed by atoms with Gasteiger partial charge in [0.2, 0.25) is 5.91 Å². The molecule has 0 spiro atoms. The molecule has 6 nitrogen and oxygen atoms in total. The Hall–Kier alpha value is -3.41. The highest BCUT2D eigenvalue weighted by Gasteiger charge is 2.24. The van der Waals surface area contributed by atoms with Crippen molar-refractivity contribution in [2.24, 2.45) is 7.05 Å². The third kappa shape index (κ3) is 4.70. The smallest absolute Gasteiger partial charge is 0.219 e. The number of amides is 1. The van der Waals surface area contributed by atoms with Crippen LogP contribution in [-0.4, -0.2) is 44.5 Å². The Morgan fingerprint density at radius 1 is 1.09 bits per heavy atom. The molecule has 1 atom stereocenters. The molecule has 1 aliphatic heterocycles. The average Bonchev–Trinajstić information content (AvgIpc) is 3.23. The van der Waals surface area contributed by atoms with Gasteiger partial charge in [0, 0.05) is 73.8 Å². The summed E-state index contributed by atoms with van der Waals surface area (Å²) in [7, 11) is 2.06. The number of hydrogen-bond donors (Lipinski definition) is 1. The molecular formula is C27H33N5O. The van der Waals surface area contributed by atoms with Crippen molar-refractivity contribution >= 4 is 33.5 Å². The highest BCUT2D eigenvalue weighted by molar-refractivity contribution is 5.97. The summed E-state index contributed by atoms with van der Waals surface area (Å²) in [5.74, 6) is 0.160. The van der Waals surface area contributed by atoms with Gasteiger partial charge < -0.3 is 14.8 Å². The van der Waals surface area contributed by atoms with E-state index < -0.39 is 0 Å². The number of aryl methyl sites for hydroxylation is 1. The maximum absolute atomic E-state index is 12.0. The Bertz CT molecular complexity index is 1260. The number of rotatable bonds is 4. The van der Waals surface area contributed by atoms with Crippen LogP contribution in [0.1, 0.15) is 40.0 Å². The van der Waals surface area contributed by atoms with E-state index in [9.17, 15) is 4.79 Å². The standard InChI is InChI=1S/C25H27N5O.C2H6/c1-17(31)30-11-4-3-5-21(30)16-28-20-14-22(25-23(15-20)26-9-10-27-25)18-6-7-24-19(13-18)8-12-29(24)2;1-2/h6-10,12-15,21,28H,3-5,11,16H2,1-2H3;1-2H3. The Labute approximate surface area is 195 Å². The van der Waals surface area contributed by atoms with Crippen LogP contribution < -0.4 is 5.32 Å². The molecule has 0 bridgehead atoms. The highest BCUT2D eigenvalue weighted by atomic mass is 16.2. The van der Waals surface area contributed by atoms with Gasteiger partial charge in [-0.15, -0.1) is 0 Å². The van der Waals surface area contributed by atoms with Gasteiger partial charge >= 0.3 is 0 Å². The molecule has 1 fully saturated rings. The summed E-state index contributed by atoms with van der Waals surface area (Å²) < 4.78 is 2.12. The van der Waals surface area contributed by atoms with Gasteiger partial charge in [-0.1, -0.05) is 19.9 Å². The fourth-order valence-corrected chi connectivity index (χ4v) is 4.71. The Balaban J connectivity index is 0.00000126. The van der Waals surface area contributed by atoms with Crippen molar-refractivity contribution in [1.29, 1.82) is 0 Å². The van der Waals surface area contributed by atoms with Crippen LogP contribution in [0.3, 0.4) is 0 Å². The van der Waals surface area contributed by atoms with E-state index in [0.717, 1.165) is 53.8 Å². The number of hydrogen-bond acceptors (Lipinski definition) is 4. The number of benzene rings is 2. The number of nitrogens with zero attached hydrogens (tertiary/aromatic N) is 4. The van der Waals surface area contributed by atoms with Crippen LogP contribution in [0.15, 0.2) is 55.0 Å². The predicted octanol–water partition coefficient (Wildman–Crippen LogP) is 5.63. The Morgan fingerprint density at radius 3 is 2.73 bits per heavy atom. The summed E-state index contributed by atoms with van der Waals surface area (Å²) in [5.41, 5.74) is 6.15. The summed E-state index contributed by atoms with van der Waals surface area (Å²) in [4.78, 5) is 23.2. The molecule has 5 rings (SSSR count). The van der Waals surface area contributed by atoms with E-state index in [0.29, 0.717) is 0 Å². The first kappa shape index (κ1) is 22.8. The second kappa shape index (κ2) is 10.0. The Morgan fingerprint density at radius 2 is 1.91 bits per heavy atom. The van der Waals surface area contributed by atoms with Crippen LogP contribution >= 0.6 is 0 Å². The minimum Gasteiger partial charge on any atom is -0.383 e. The summed E-state index contributed by atoms with van der Waals surface area (Å²) in [6.07, 6.45) is 8.85. The van der Waals surface area contributed by atoms with Crippen molar-refractivity contribution in [2.75, 3.05) is 18.4 Å². The van der Waals surface area contributed by atoms with Gasteiger partial charge in [-0.25, -0.2) is 0 Å². The van der Waals surface area contributed by atoms with Gasteiger partial charge in [-0.2, -0.15) is 0 Å². The van der Waals surface area contributed by atoms with Crippen molar-refractivity contribution in [3.05, 3.63) is 55.0 Å². The molecule has 0 radical (unpaired) electrons. The van der Waals surface area contributed by atoms with Crippen molar-refractivity contribution < 1.29 is 4.79 Å². The zero-order chi connectivity index (χ0) is 23.4. The normalized spacial score (nSPS) is 15.9. The van der Waals surface area contributed by atoms with Crippen LogP contribution in [0.25, 0.3) is 33.1 Å². The first-order valence-electron chi connectivity index (χ1n) is 11.9. The number of fused-ring (bicyclic) bond motifs is 2. The zero-order valence-corrected chi connectivity index (χ0v) is 20.0. The summed E-state index contributed by atoms with van der Waals surface area (Å²) >= 11 is 0. The summed E-state index contributed by atoms with van der Waals surface area (Å²) in [5, 5.41) is 4.78. The van der Waals surface area contributed by atoms with Gasteiger partial charge in [-0.3, -0.25) is 14.8 Å². The number of anilines is 1. The summed E-state index contributed by atoms with van der Waals surface area (Å²) in [6.45, 7) is 7.26. The number of likely N-dealkylation sites (tertiary alicyclic amines) is 1. The van der Waals surface area contributed by atoms with Crippen LogP contribution in [0.2, 0.25) is 0 Å². The molecule has 1 unspecified atom stereocenters. The molecule has 1 amide bonds. The molecule has 2 aromatic heterocycles. The van der Waals surface area contributed by atoms with Crippen molar-refractivity contribution in [1.82, 2.24) is 19.4 Å². The van der Waals surface area contributed by atoms with E-state index in [1.165, 1.54) is 17.3 Å². The first-order chi connectivity index (χ1) is 16.1. The lowest BCUT2D eigenvalue weighted by molar-refractivity contribution is -0.132. The lowest BCUT2D eigenvalue weighted by Gasteiger charge is -2.35. The quantitative estimate of drug-likeness (QED) is 0.444.